The number of halogens is 1. The van der Waals surface area contributed by atoms with Crippen LogP contribution in [0.2, 0.25) is 0 Å². The van der Waals surface area contributed by atoms with E-state index in [1.54, 1.807) is 13.3 Å². The van der Waals surface area contributed by atoms with Crippen molar-refractivity contribution >= 4 is 21.7 Å². The maximum atomic E-state index is 6.02. The molecule has 0 aliphatic rings. The summed E-state index contributed by atoms with van der Waals surface area (Å²) in [5.41, 5.74) is 8.83. The van der Waals surface area contributed by atoms with Gasteiger partial charge in [-0.1, -0.05) is 28.1 Å². The van der Waals surface area contributed by atoms with Crippen molar-refractivity contribution in [1.29, 1.82) is 0 Å². The van der Waals surface area contributed by atoms with Gasteiger partial charge in [0.25, 0.3) is 0 Å². The number of benzene rings is 2. The lowest BCUT2D eigenvalue weighted by Gasteiger charge is -2.13. The Kier molecular flexibility index (Phi) is 5.01. The minimum absolute atomic E-state index is 0.457. The van der Waals surface area contributed by atoms with Gasteiger partial charge < -0.3 is 15.2 Å². The Labute approximate surface area is 149 Å². The third-order valence-corrected chi connectivity index (χ3v) is 4.12. The first-order valence-corrected chi connectivity index (χ1v) is 8.23. The summed E-state index contributed by atoms with van der Waals surface area (Å²) < 4.78 is 12.1. The molecule has 0 aliphatic heterocycles. The van der Waals surface area contributed by atoms with Gasteiger partial charge in [-0.3, -0.25) is 0 Å². The number of hydrogen-bond acceptors (Lipinski definition) is 4. The maximum absolute atomic E-state index is 6.02. The SMILES string of the molecule is COc1ccc(COc2ccc(Br)cc2-c2cccnc2N)cc1. The molecule has 0 aliphatic carbocycles. The minimum Gasteiger partial charge on any atom is -0.497 e. The normalized spacial score (nSPS) is 10.4. The Bertz CT molecular complexity index is 835. The summed E-state index contributed by atoms with van der Waals surface area (Å²) in [5.74, 6) is 2.06. The summed E-state index contributed by atoms with van der Waals surface area (Å²) in [6, 6.07) is 17.4. The van der Waals surface area contributed by atoms with E-state index in [4.69, 9.17) is 15.2 Å². The van der Waals surface area contributed by atoms with Crippen LogP contribution in [0.5, 0.6) is 11.5 Å². The van der Waals surface area contributed by atoms with Crippen molar-refractivity contribution in [3.05, 3.63) is 70.8 Å². The standard InChI is InChI=1S/C19H17BrN2O2/c1-23-15-7-4-13(5-8-15)12-24-18-9-6-14(20)11-17(18)16-3-2-10-22-19(16)21/h2-11H,12H2,1H3,(H2,21,22). The molecule has 0 amide bonds. The highest BCUT2D eigenvalue weighted by Crippen LogP contribution is 2.35. The van der Waals surface area contributed by atoms with Crippen LogP contribution in [-0.2, 0) is 6.61 Å². The topological polar surface area (TPSA) is 57.4 Å². The maximum Gasteiger partial charge on any atom is 0.131 e. The molecule has 0 radical (unpaired) electrons. The molecule has 2 aromatic carbocycles. The fourth-order valence-electron chi connectivity index (χ4n) is 2.37. The molecule has 5 heteroatoms. The van der Waals surface area contributed by atoms with Crippen LogP contribution < -0.4 is 15.2 Å². The molecule has 1 heterocycles. The van der Waals surface area contributed by atoms with Crippen LogP contribution in [0.25, 0.3) is 11.1 Å². The summed E-state index contributed by atoms with van der Waals surface area (Å²) in [6.07, 6.45) is 1.68. The van der Waals surface area contributed by atoms with Crippen LogP contribution in [0, 0.1) is 0 Å². The average molecular weight is 385 g/mol. The van der Waals surface area contributed by atoms with E-state index in [2.05, 4.69) is 20.9 Å². The molecule has 0 bridgehead atoms. The van der Waals surface area contributed by atoms with Gasteiger partial charge in [0.05, 0.1) is 7.11 Å². The highest BCUT2D eigenvalue weighted by atomic mass is 79.9. The number of pyridine rings is 1. The molecule has 24 heavy (non-hydrogen) atoms. The summed E-state index contributed by atoms with van der Waals surface area (Å²) in [6.45, 7) is 0.457. The number of methoxy groups -OCH3 is 1. The highest BCUT2D eigenvalue weighted by Gasteiger charge is 2.11. The Morgan fingerprint density at radius 3 is 2.54 bits per heavy atom. The molecule has 1 aromatic heterocycles. The summed E-state index contributed by atoms with van der Waals surface area (Å²) in [7, 11) is 1.65. The number of nitrogens with two attached hydrogens (primary N) is 1. The second-order valence-corrected chi connectivity index (χ2v) is 6.13. The third-order valence-electron chi connectivity index (χ3n) is 3.62. The van der Waals surface area contributed by atoms with Gasteiger partial charge in [-0.15, -0.1) is 0 Å². The van der Waals surface area contributed by atoms with Crippen molar-refractivity contribution < 1.29 is 9.47 Å². The van der Waals surface area contributed by atoms with E-state index in [-0.39, 0.29) is 0 Å². The Hall–Kier alpha value is -2.53. The molecular formula is C19H17BrN2O2. The molecule has 122 valence electrons. The van der Waals surface area contributed by atoms with Crippen molar-refractivity contribution in [2.75, 3.05) is 12.8 Å². The van der Waals surface area contributed by atoms with Gasteiger partial charge in [0.1, 0.15) is 23.9 Å². The molecule has 0 saturated carbocycles. The molecule has 0 spiro atoms. The zero-order chi connectivity index (χ0) is 16.9. The van der Waals surface area contributed by atoms with Gasteiger partial charge in [-0.05, 0) is 48.0 Å². The zero-order valence-corrected chi connectivity index (χ0v) is 14.8. The molecule has 0 unspecified atom stereocenters. The number of nitrogens with zero attached hydrogens (tertiary/aromatic N) is 1. The predicted molar refractivity (Wildman–Crippen MR) is 99.1 cm³/mol. The van der Waals surface area contributed by atoms with E-state index in [1.165, 1.54) is 0 Å². The number of anilines is 1. The number of nitrogen functional groups attached to an aromatic ring is 1. The number of aromatic nitrogens is 1. The molecule has 3 aromatic rings. The van der Waals surface area contributed by atoms with Crippen LogP contribution in [0.4, 0.5) is 5.82 Å². The van der Waals surface area contributed by atoms with Crippen molar-refractivity contribution in [2.24, 2.45) is 0 Å². The molecule has 3 rings (SSSR count). The Balaban J connectivity index is 1.86. The first kappa shape index (κ1) is 16.3. The lowest BCUT2D eigenvalue weighted by atomic mass is 10.1. The van der Waals surface area contributed by atoms with E-state index in [1.807, 2.05) is 54.6 Å². The summed E-state index contributed by atoms with van der Waals surface area (Å²) in [4.78, 5) is 4.16. The quantitative estimate of drug-likeness (QED) is 0.693. The van der Waals surface area contributed by atoms with E-state index < -0.39 is 0 Å². The van der Waals surface area contributed by atoms with Gasteiger partial charge in [-0.25, -0.2) is 4.98 Å². The van der Waals surface area contributed by atoms with Crippen LogP contribution in [0.15, 0.2) is 65.3 Å². The fourth-order valence-corrected chi connectivity index (χ4v) is 2.73. The van der Waals surface area contributed by atoms with Crippen molar-refractivity contribution in [2.45, 2.75) is 6.61 Å². The average Bonchev–Trinajstić information content (AvgIpc) is 2.61. The van der Waals surface area contributed by atoms with Crippen molar-refractivity contribution in [3.63, 3.8) is 0 Å². The first-order valence-electron chi connectivity index (χ1n) is 7.43. The fraction of sp³-hybridized carbons (Fsp3) is 0.105. The molecule has 0 atom stereocenters. The van der Waals surface area contributed by atoms with Gasteiger partial charge in [0.15, 0.2) is 0 Å². The zero-order valence-electron chi connectivity index (χ0n) is 13.2. The van der Waals surface area contributed by atoms with Crippen LogP contribution in [-0.4, -0.2) is 12.1 Å². The second-order valence-electron chi connectivity index (χ2n) is 5.21. The van der Waals surface area contributed by atoms with Crippen LogP contribution >= 0.6 is 15.9 Å². The monoisotopic (exact) mass is 384 g/mol. The summed E-state index contributed by atoms with van der Waals surface area (Å²) in [5, 5.41) is 0. The molecule has 2 N–H and O–H groups in total. The molecular weight excluding hydrogens is 368 g/mol. The number of rotatable bonds is 5. The molecule has 4 nitrogen and oxygen atoms in total. The Morgan fingerprint density at radius 2 is 1.83 bits per heavy atom. The first-order chi connectivity index (χ1) is 11.7. The largest absolute Gasteiger partial charge is 0.497 e. The van der Waals surface area contributed by atoms with E-state index in [0.29, 0.717) is 12.4 Å². The predicted octanol–water partition coefficient (Wildman–Crippen LogP) is 4.68. The van der Waals surface area contributed by atoms with Gasteiger partial charge >= 0.3 is 0 Å². The van der Waals surface area contributed by atoms with Gasteiger partial charge in [0, 0.05) is 21.8 Å². The number of ether oxygens (including phenoxy) is 2. The smallest absolute Gasteiger partial charge is 0.131 e. The second kappa shape index (κ2) is 7.36. The van der Waals surface area contributed by atoms with E-state index >= 15 is 0 Å². The van der Waals surface area contributed by atoms with E-state index in [9.17, 15) is 0 Å². The molecule has 0 saturated heterocycles. The highest BCUT2D eigenvalue weighted by molar-refractivity contribution is 9.10. The van der Waals surface area contributed by atoms with Crippen molar-refractivity contribution in [3.8, 4) is 22.6 Å². The van der Waals surface area contributed by atoms with Crippen LogP contribution in [0.1, 0.15) is 5.56 Å². The lowest BCUT2D eigenvalue weighted by Crippen LogP contribution is -1.99. The van der Waals surface area contributed by atoms with E-state index in [0.717, 1.165) is 32.7 Å². The molecule has 0 fully saturated rings. The van der Waals surface area contributed by atoms with Gasteiger partial charge in [-0.2, -0.15) is 0 Å². The third kappa shape index (κ3) is 3.68. The summed E-state index contributed by atoms with van der Waals surface area (Å²) >= 11 is 3.50. The van der Waals surface area contributed by atoms with Crippen molar-refractivity contribution in [1.82, 2.24) is 4.98 Å². The van der Waals surface area contributed by atoms with Crippen LogP contribution in [0.3, 0.4) is 0 Å². The van der Waals surface area contributed by atoms with Gasteiger partial charge in [0.2, 0.25) is 0 Å². The number of hydrogen-bond donors (Lipinski definition) is 1. The lowest BCUT2D eigenvalue weighted by molar-refractivity contribution is 0.307. The Morgan fingerprint density at radius 1 is 1.04 bits per heavy atom. The minimum atomic E-state index is 0.457.